The molecule has 0 saturated carbocycles. The maximum absolute atomic E-state index is 12.4. The molecule has 4 aromatic rings. The maximum Gasteiger partial charge on any atom is 0.316 e. The Morgan fingerprint density at radius 2 is 2.00 bits per heavy atom. The summed E-state index contributed by atoms with van der Waals surface area (Å²) >= 11 is 1.49. The second-order valence-electron chi connectivity index (χ2n) is 5.98. The van der Waals surface area contributed by atoms with Gasteiger partial charge in [-0.1, -0.05) is 29.4 Å². The van der Waals surface area contributed by atoms with Crippen molar-refractivity contribution in [1.29, 1.82) is 0 Å². The molecule has 0 atom stereocenters. The Kier molecular flexibility index (Phi) is 4.55. The number of carbonyl (C=O) groups excluding carboxylic acids is 1. The Morgan fingerprint density at radius 1 is 1.19 bits per heavy atom. The van der Waals surface area contributed by atoms with Gasteiger partial charge < -0.3 is 9.84 Å². The standard InChI is InChI=1S/C19H17N5O2S/c1-12-15(13(2)24(22-12)14-7-4-3-5-8-14)11-20-18(25)19-21-17(23-26-19)16-9-6-10-27-16/h3-10H,11H2,1-2H3,(H,20,25). The predicted molar refractivity (Wildman–Crippen MR) is 102 cm³/mol. The van der Waals surface area contributed by atoms with Crippen LogP contribution in [0, 0.1) is 13.8 Å². The van der Waals surface area contributed by atoms with E-state index in [4.69, 9.17) is 4.52 Å². The van der Waals surface area contributed by atoms with Crippen molar-refractivity contribution in [3.63, 3.8) is 0 Å². The molecule has 0 fully saturated rings. The third-order valence-corrected chi connectivity index (χ3v) is 5.10. The number of hydrogen-bond donors (Lipinski definition) is 1. The summed E-state index contributed by atoms with van der Waals surface area (Å²) in [5.74, 6) is -0.0415. The van der Waals surface area contributed by atoms with E-state index in [2.05, 4.69) is 20.6 Å². The van der Waals surface area contributed by atoms with E-state index >= 15 is 0 Å². The molecule has 0 radical (unpaired) electrons. The van der Waals surface area contributed by atoms with Crippen molar-refractivity contribution in [2.24, 2.45) is 0 Å². The summed E-state index contributed by atoms with van der Waals surface area (Å²) in [4.78, 5) is 17.4. The van der Waals surface area contributed by atoms with Crippen LogP contribution in [0.4, 0.5) is 0 Å². The van der Waals surface area contributed by atoms with Crippen molar-refractivity contribution < 1.29 is 9.32 Å². The Morgan fingerprint density at radius 3 is 2.74 bits per heavy atom. The zero-order valence-corrected chi connectivity index (χ0v) is 15.7. The van der Waals surface area contributed by atoms with Gasteiger partial charge in [-0.05, 0) is 37.4 Å². The van der Waals surface area contributed by atoms with Crippen LogP contribution < -0.4 is 5.32 Å². The van der Waals surface area contributed by atoms with Crippen LogP contribution in [0.2, 0.25) is 0 Å². The quantitative estimate of drug-likeness (QED) is 0.573. The SMILES string of the molecule is Cc1nn(-c2ccccc2)c(C)c1CNC(=O)c1nc(-c2cccs2)no1. The Bertz CT molecular complexity index is 1070. The molecule has 4 rings (SSSR count). The third-order valence-electron chi connectivity index (χ3n) is 4.23. The second-order valence-corrected chi connectivity index (χ2v) is 6.93. The van der Waals surface area contributed by atoms with Crippen LogP contribution in [-0.2, 0) is 6.54 Å². The van der Waals surface area contributed by atoms with Crippen molar-refractivity contribution in [2.45, 2.75) is 20.4 Å². The van der Waals surface area contributed by atoms with Crippen LogP contribution in [0.25, 0.3) is 16.4 Å². The number of thiophene rings is 1. The number of hydrogen-bond acceptors (Lipinski definition) is 6. The summed E-state index contributed by atoms with van der Waals surface area (Å²) in [5.41, 5.74) is 3.78. The highest BCUT2D eigenvalue weighted by Crippen LogP contribution is 2.21. The van der Waals surface area contributed by atoms with E-state index in [9.17, 15) is 4.79 Å². The summed E-state index contributed by atoms with van der Waals surface area (Å²) in [6, 6.07) is 13.7. The summed E-state index contributed by atoms with van der Waals surface area (Å²) in [7, 11) is 0. The molecule has 1 amide bonds. The highest BCUT2D eigenvalue weighted by Gasteiger charge is 2.18. The van der Waals surface area contributed by atoms with Gasteiger partial charge in [-0.2, -0.15) is 10.1 Å². The first-order valence-corrected chi connectivity index (χ1v) is 9.28. The first kappa shape index (κ1) is 17.2. The number of rotatable bonds is 5. The van der Waals surface area contributed by atoms with E-state index < -0.39 is 5.91 Å². The molecule has 0 aliphatic heterocycles. The fourth-order valence-corrected chi connectivity index (χ4v) is 3.47. The van der Waals surface area contributed by atoms with Gasteiger partial charge in [-0.3, -0.25) is 4.79 Å². The minimum absolute atomic E-state index is 0.0517. The molecular formula is C19H17N5O2S. The Balaban J connectivity index is 1.49. The molecule has 27 heavy (non-hydrogen) atoms. The molecule has 136 valence electrons. The summed E-state index contributed by atoms with van der Waals surface area (Å²) < 4.78 is 6.96. The van der Waals surface area contributed by atoms with E-state index in [0.717, 1.165) is 27.5 Å². The monoisotopic (exact) mass is 379 g/mol. The highest BCUT2D eigenvalue weighted by molar-refractivity contribution is 7.13. The van der Waals surface area contributed by atoms with Gasteiger partial charge in [0, 0.05) is 17.8 Å². The van der Waals surface area contributed by atoms with Crippen LogP contribution in [0.3, 0.4) is 0 Å². The number of aromatic nitrogens is 4. The van der Waals surface area contributed by atoms with Crippen LogP contribution >= 0.6 is 11.3 Å². The van der Waals surface area contributed by atoms with Gasteiger partial charge in [0.1, 0.15) is 0 Å². The maximum atomic E-state index is 12.4. The lowest BCUT2D eigenvalue weighted by Gasteiger charge is -2.06. The molecule has 3 heterocycles. The van der Waals surface area contributed by atoms with E-state index in [1.54, 1.807) is 0 Å². The van der Waals surface area contributed by atoms with Crippen LogP contribution in [0.15, 0.2) is 52.4 Å². The van der Waals surface area contributed by atoms with Gasteiger partial charge in [-0.25, -0.2) is 4.68 Å². The minimum atomic E-state index is -0.406. The summed E-state index contributed by atoms with van der Waals surface area (Å²) in [6.07, 6.45) is 0. The van der Waals surface area contributed by atoms with Gasteiger partial charge in [0.15, 0.2) is 0 Å². The topological polar surface area (TPSA) is 85.8 Å². The third kappa shape index (κ3) is 3.39. The van der Waals surface area contributed by atoms with E-state index in [1.165, 1.54) is 11.3 Å². The van der Waals surface area contributed by atoms with Crippen LogP contribution in [-0.4, -0.2) is 25.8 Å². The van der Waals surface area contributed by atoms with Gasteiger partial charge >= 0.3 is 11.8 Å². The first-order chi connectivity index (χ1) is 13.1. The summed E-state index contributed by atoms with van der Waals surface area (Å²) in [5, 5.41) is 13.2. The van der Waals surface area contributed by atoms with Crippen molar-refractivity contribution in [3.8, 4) is 16.4 Å². The minimum Gasteiger partial charge on any atom is -0.344 e. The van der Waals surface area contributed by atoms with E-state index in [1.807, 2.05) is 66.4 Å². The fourth-order valence-electron chi connectivity index (χ4n) is 2.82. The van der Waals surface area contributed by atoms with Crippen LogP contribution in [0.1, 0.15) is 27.6 Å². The largest absolute Gasteiger partial charge is 0.344 e. The summed E-state index contributed by atoms with van der Waals surface area (Å²) in [6.45, 7) is 4.24. The molecule has 7 nitrogen and oxygen atoms in total. The number of nitrogens with zero attached hydrogens (tertiary/aromatic N) is 4. The van der Waals surface area contributed by atoms with Crippen molar-refractivity contribution in [1.82, 2.24) is 25.2 Å². The molecule has 0 bridgehead atoms. The zero-order valence-electron chi connectivity index (χ0n) is 14.8. The van der Waals surface area contributed by atoms with Gasteiger partial charge in [0.2, 0.25) is 5.82 Å². The number of aryl methyl sites for hydroxylation is 1. The first-order valence-electron chi connectivity index (χ1n) is 8.40. The molecule has 0 unspecified atom stereocenters. The second kappa shape index (κ2) is 7.16. The molecule has 3 aromatic heterocycles. The van der Waals surface area contributed by atoms with E-state index in [0.29, 0.717) is 12.4 Å². The lowest BCUT2D eigenvalue weighted by atomic mass is 10.2. The van der Waals surface area contributed by atoms with Gasteiger partial charge in [-0.15, -0.1) is 11.3 Å². The van der Waals surface area contributed by atoms with Gasteiger partial charge in [0.05, 0.1) is 16.3 Å². The molecule has 1 N–H and O–H groups in total. The van der Waals surface area contributed by atoms with Crippen LogP contribution in [0.5, 0.6) is 0 Å². The lowest BCUT2D eigenvalue weighted by molar-refractivity contribution is 0.0907. The van der Waals surface area contributed by atoms with Crippen molar-refractivity contribution >= 4 is 17.2 Å². The number of carbonyl (C=O) groups is 1. The molecule has 0 saturated heterocycles. The molecule has 8 heteroatoms. The van der Waals surface area contributed by atoms with E-state index in [-0.39, 0.29) is 5.89 Å². The van der Waals surface area contributed by atoms with Crippen molar-refractivity contribution in [2.75, 3.05) is 0 Å². The molecule has 0 spiro atoms. The predicted octanol–water partition coefficient (Wildman–Crippen LogP) is 3.53. The number of amides is 1. The molecule has 1 aromatic carbocycles. The fraction of sp³-hybridized carbons (Fsp3) is 0.158. The Hall–Kier alpha value is -3.26. The number of nitrogens with one attached hydrogen (secondary N) is 1. The molecule has 0 aliphatic rings. The average Bonchev–Trinajstić information content (AvgIpc) is 3.42. The highest BCUT2D eigenvalue weighted by atomic mass is 32.1. The zero-order chi connectivity index (χ0) is 18.8. The van der Waals surface area contributed by atoms with Crippen molar-refractivity contribution in [3.05, 3.63) is 70.7 Å². The molecular weight excluding hydrogens is 362 g/mol. The molecule has 0 aliphatic carbocycles. The number of benzene rings is 1. The Labute approximate surface area is 159 Å². The average molecular weight is 379 g/mol. The number of para-hydroxylation sites is 1. The smallest absolute Gasteiger partial charge is 0.316 e. The lowest BCUT2D eigenvalue weighted by Crippen LogP contribution is -2.23. The van der Waals surface area contributed by atoms with Gasteiger partial charge in [0.25, 0.3) is 0 Å². The normalized spacial score (nSPS) is 10.9.